The number of nitrogens with zero attached hydrogens (tertiary/aromatic N) is 2. The summed E-state index contributed by atoms with van der Waals surface area (Å²) in [5, 5.41) is 19.5. The van der Waals surface area contributed by atoms with Gasteiger partial charge in [-0.25, -0.2) is 14.0 Å². The van der Waals surface area contributed by atoms with Crippen molar-refractivity contribution in [1.82, 2.24) is 15.1 Å². The normalized spacial score (nSPS) is 17.2. The number of ether oxygens (including phenoxy) is 1. The number of carbonyl (C=O) groups excluding carboxylic acids is 1. The molecule has 8 nitrogen and oxygen atoms in total. The van der Waals surface area contributed by atoms with E-state index in [1.165, 1.54) is 11.1 Å². The number of amides is 2. The third kappa shape index (κ3) is 4.58. The first-order valence-corrected chi connectivity index (χ1v) is 10.6. The zero-order chi connectivity index (χ0) is 22.8. The third-order valence-electron chi connectivity index (χ3n) is 5.40. The fourth-order valence-electron chi connectivity index (χ4n) is 3.92. The van der Waals surface area contributed by atoms with E-state index in [1.54, 1.807) is 24.3 Å². The highest BCUT2D eigenvalue weighted by molar-refractivity contribution is 6.42. The zero-order valence-electron chi connectivity index (χ0n) is 16.6. The van der Waals surface area contributed by atoms with Crippen molar-refractivity contribution in [3.8, 4) is 0 Å². The van der Waals surface area contributed by atoms with Crippen LogP contribution < -0.4 is 5.32 Å². The predicted octanol–water partition coefficient (Wildman–Crippen LogP) is 5.83. The van der Waals surface area contributed by atoms with Crippen LogP contribution in [-0.4, -0.2) is 45.0 Å². The van der Waals surface area contributed by atoms with Crippen LogP contribution in [-0.2, 0) is 4.74 Å². The van der Waals surface area contributed by atoms with Crippen LogP contribution >= 0.6 is 23.2 Å². The van der Waals surface area contributed by atoms with Gasteiger partial charge in [-0.2, -0.15) is 5.10 Å². The molecule has 0 saturated carbocycles. The summed E-state index contributed by atoms with van der Waals surface area (Å²) in [4.78, 5) is 25.8. The van der Waals surface area contributed by atoms with Crippen LogP contribution in [0.5, 0.6) is 0 Å². The second kappa shape index (κ2) is 9.22. The first-order valence-electron chi connectivity index (χ1n) is 9.88. The maximum Gasteiger partial charge on any atom is 0.412 e. The van der Waals surface area contributed by atoms with Gasteiger partial charge in [0.1, 0.15) is 11.6 Å². The van der Waals surface area contributed by atoms with Gasteiger partial charge >= 0.3 is 12.2 Å². The SMILES string of the molecule is O=C(Nc1cc(F)c2[nH]ncc2c1)O[C@@H](c1ccc(Cl)c(Cl)c1)[C@@H]1CCCCN1C(=O)O. The molecule has 0 radical (unpaired) electrons. The first kappa shape index (κ1) is 22.2. The van der Waals surface area contributed by atoms with Crippen LogP contribution in [0.1, 0.15) is 30.9 Å². The van der Waals surface area contributed by atoms with Crippen molar-refractivity contribution in [3.05, 3.63) is 58.0 Å². The molecule has 2 atom stereocenters. The molecule has 3 aromatic rings. The number of carboxylic acid groups (broad SMARTS) is 1. The number of carbonyl (C=O) groups is 2. The Bertz CT molecular complexity index is 1170. The summed E-state index contributed by atoms with van der Waals surface area (Å²) in [5.41, 5.74) is 0.897. The van der Waals surface area contributed by atoms with Gasteiger partial charge in [0.2, 0.25) is 0 Å². The van der Waals surface area contributed by atoms with Gasteiger partial charge in [-0.3, -0.25) is 10.4 Å². The lowest BCUT2D eigenvalue weighted by Gasteiger charge is -2.38. The molecule has 2 aromatic carbocycles. The Hall–Kier alpha value is -3.04. The minimum absolute atomic E-state index is 0.174. The molecule has 2 heterocycles. The van der Waals surface area contributed by atoms with Gasteiger partial charge in [0.25, 0.3) is 0 Å². The highest BCUT2D eigenvalue weighted by Crippen LogP contribution is 2.35. The molecule has 1 aromatic heterocycles. The van der Waals surface area contributed by atoms with E-state index >= 15 is 0 Å². The number of aromatic nitrogens is 2. The van der Waals surface area contributed by atoms with Crippen molar-refractivity contribution in [3.63, 3.8) is 0 Å². The van der Waals surface area contributed by atoms with E-state index in [9.17, 15) is 19.1 Å². The Labute approximate surface area is 192 Å². The van der Waals surface area contributed by atoms with Crippen LogP contribution in [0.2, 0.25) is 10.0 Å². The Morgan fingerprint density at radius 2 is 2.06 bits per heavy atom. The molecule has 1 aliphatic rings. The number of aromatic amines is 1. The molecule has 1 fully saturated rings. The molecule has 3 N–H and O–H groups in total. The topological polar surface area (TPSA) is 108 Å². The smallest absolute Gasteiger partial charge is 0.412 e. The monoisotopic (exact) mass is 480 g/mol. The minimum atomic E-state index is -1.10. The van der Waals surface area contributed by atoms with E-state index in [-0.39, 0.29) is 16.2 Å². The molecule has 0 unspecified atom stereocenters. The van der Waals surface area contributed by atoms with Gasteiger partial charge in [0, 0.05) is 17.6 Å². The van der Waals surface area contributed by atoms with Crippen LogP contribution in [0, 0.1) is 5.82 Å². The van der Waals surface area contributed by atoms with E-state index in [0.29, 0.717) is 35.4 Å². The summed E-state index contributed by atoms with van der Waals surface area (Å²) in [6, 6.07) is 6.81. The van der Waals surface area contributed by atoms with Crippen LogP contribution in [0.4, 0.5) is 19.7 Å². The quantitative estimate of drug-likeness (QED) is 0.435. The fraction of sp³-hybridized carbons (Fsp3) is 0.286. The van der Waals surface area contributed by atoms with Gasteiger partial charge in [0.05, 0.1) is 22.3 Å². The number of piperidine rings is 1. The van der Waals surface area contributed by atoms with E-state index in [4.69, 9.17) is 27.9 Å². The molecule has 0 aliphatic carbocycles. The lowest BCUT2D eigenvalue weighted by atomic mass is 9.93. The van der Waals surface area contributed by atoms with Crippen molar-refractivity contribution in [2.45, 2.75) is 31.4 Å². The molecular formula is C21H19Cl2FN4O4. The lowest BCUT2D eigenvalue weighted by Crippen LogP contribution is -2.47. The minimum Gasteiger partial charge on any atom is -0.465 e. The molecule has 168 valence electrons. The summed E-state index contributed by atoms with van der Waals surface area (Å²) in [6.45, 7) is 0.325. The molecule has 11 heteroatoms. The number of halogens is 3. The van der Waals surface area contributed by atoms with Crippen molar-refractivity contribution < 1.29 is 23.8 Å². The van der Waals surface area contributed by atoms with Gasteiger partial charge in [0.15, 0.2) is 5.82 Å². The lowest BCUT2D eigenvalue weighted by molar-refractivity contribution is 0.0178. The van der Waals surface area contributed by atoms with Crippen LogP contribution in [0.3, 0.4) is 0 Å². The summed E-state index contributed by atoms with van der Waals surface area (Å²) >= 11 is 12.2. The zero-order valence-corrected chi connectivity index (χ0v) is 18.2. The average molecular weight is 481 g/mol. The van der Waals surface area contributed by atoms with E-state index in [0.717, 1.165) is 12.5 Å². The standard InChI is InChI=1S/C21H19Cl2FN4O4/c22-14-5-4-11(8-15(14)23)19(17-3-1-2-6-28(17)21(30)31)32-20(29)26-13-7-12-10-25-27-18(12)16(24)9-13/h4-5,7-10,17,19H,1-3,6H2,(H,25,27)(H,26,29)(H,30,31)/t17-,19-/m0/s1. The highest BCUT2D eigenvalue weighted by Gasteiger charge is 2.36. The van der Waals surface area contributed by atoms with E-state index < -0.39 is 30.1 Å². The predicted molar refractivity (Wildman–Crippen MR) is 118 cm³/mol. The van der Waals surface area contributed by atoms with Crippen molar-refractivity contribution in [1.29, 1.82) is 0 Å². The van der Waals surface area contributed by atoms with Crippen LogP contribution in [0.25, 0.3) is 10.9 Å². The van der Waals surface area contributed by atoms with Crippen molar-refractivity contribution >= 4 is 52.0 Å². The largest absolute Gasteiger partial charge is 0.465 e. The summed E-state index contributed by atoms with van der Waals surface area (Å²) < 4.78 is 19.9. The molecule has 0 spiro atoms. The molecule has 32 heavy (non-hydrogen) atoms. The summed E-state index contributed by atoms with van der Waals surface area (Å²) in [6.07, 6.45) is 0.520. The number of hydrogen-bond donors (Lipinski definition) is 3. The first-order chi connectivity index (χ1) is 15.3. The molecule has 1 saturated heterocycles. The van der Waals surface area contributed by atoms with Gasteiger partial charge < -0.3 is 14.7 Å². The summed E-state index contributed by atoms with van der Waals surface area (Å²) in [7, 11) is 0. The molecule has 2 amide bonds. The maximum absolute atomic E-state index is 14.2. The van der Waals surface area contributed by atoms with E-state index in [1.807, 2.05) is 0 Å². The Kier molecular flexibility index (Phi) is 6.38. The number of H-pyrrole nitrogens is 1. The van der Waals surface area contributed by atoms with E-state index in [2.05, 4.69) is 15.5 Å². The number of hydrogen-bond acceptors (Lipinski definition) is 4. The van der Waals surface area contributed by atoms with Gasteiger partial charge in [-0.05, 0) is 49.1 Å². The second-order valence-electron chi connectivity index (χ2n) is 7.46. The number of benzene rings is 2. The number of likely N-dealkylation sites (tertiary alicyclic amines) is 1. The molecule has 1 aliphatic heterocycles. The van der Waals surface area contributed by atoms with Gasteiger partial charge in [-0.1, -0.05) is 29.3 Å². The molecular weight excluding hydrogens is 462 g/mol. The average Bonchev–Trinajstić information content (AvgIpc) is 3.23. The fourth-order valence-corrected chi connectivity index (χ4v) is 4.22. The number of fused-ring (bicyclic) bond motifs is 1. The van der Waals surface area contributed by atoms with Gasteiger partial charge in [-0.15, -0.1) is 0 Å². The Balaban J connectivity index is 1.62. The molecule has 4 rings (SSSR count). The maximum atomic E-state index is 14.2. The van der Waals surface area contributed by atoms with Crippen molar-refractivity contribution in [2.24, 2.45) is 0 Å². The Morgan fingerprint density at radius 1 is 1.25 bits per heavy atom. The molecule has 0 bridgehead atoms. The van der Waals surface area contributed by atoms with Crippen molar-refractivity contribution in [2.75, 3.05) is 11.9 Å². The Morgan fingerprint density at radius 3 is 2.81 bits per heavy atom. The number of anilines is 1. The third-order valence-corrected chi connectivity index (χ3v) is 6.14. The van der Waals surface area contributed by atoms with Crippen LogP contribution in [0.15, 0.2) is 36.5 Å². The number of nitrogens with one attached hydrogen (secondary N) is 2. The second-order valence-corrected chi connectivity index (χ2v) is 8.27. The summed E-state index contributed by atoms with van der Waals surface area (Å²) in [5.74, 6) is -0.583. The highest BCUT2D eigenvalue weighted by atomic mass is 35.5. The number of rotatable bonds is 4.